The molecular weight excluding hydrogens is 218 g/mol. The van der Waals surface area contributed by atoms with E-state index in [0.717, 1.165) is 0 Å². The molecule has 15 heavy (non-hydrogen) atoms. The fraction of sp³-hybridized carbons (Fsp3) is 0.222. The Labute approximate surface area is 90.7 Å². The van der Waals surface area contributed by atoms with Crippen LogP contribution in [0.25, 0.3) is 5.52 Å². The summed E-state index contributed by atoms with van der Waals surface area (Å²) in [6.45, 7) is 2.06. The molecule has 2 aromatic rings. The number of hydrogen-bond acceptors (Lipinski definition) is 4. The van der Waals surface area contributed by atoms with Gasteiger partial charge in [0.05, 0.1) is 18.3 Å². The predicted octanol–water partition coefficient (Wildman–Crippen LogP) is 1.56. The van der Waals surface area contributed by atoms with Crippen LogP contribution in [0.5, 0.6) is 0 Å². The summed E-state index contributed by atoms with van der Waals surface area (Å²) in [4.78, 5) is 19.3. The van der Waals surface area contributed by atoms with Gasteiger partial charge in [0.2, 0.25) is 0 Å². The number of rotatable bonds is 2. The second-order valence-electron chi connectivity index (χ2n) is 2.82. The number of aromatic nitrogens is 3. The van der Waals surface area contributed by atoms with E-state index in [9.17, 15) is 4.79 Å². The van der Waals surface area contributed by atoms with E-state index in [4.69, 9.17) is 16.3 Å². The Morgan fingerprint density at radius 1 is 1.60 bits per heavy atom. The molecule has 0 aliphatic carbocycles. The van der Waals surface area contributed by atoms with E-state index in [1.807, 2.05) is 0 Å². The maximum absolute atomic E-state index is 11.4. The Bertz CT molecular complexity index is 509. The summed E-state index contributed by atoms with van der Waals surface area (Å²) in [5, 5.41) is 0.343. The van der Waals surface area contributed by atoms with Gasteiger partial charge in [0, 0.05) is 6.20 Å². The van der Waals surface area contributed by atoms with Crippen LogP contribution in [0, 0.1) is 0 Å². The molecule has 78 valence electrons. The maximum Gasteiger partial charge on any atom is 0.359 e. The van der Waals surface area contributed by atoms with Gasteiger partial charge in [-0.25, -0.2) is 14.8 Å². The number of esters is 1. The molecule has 0 spiro atoms. The standard InChI is InChI=1S/C9H8ClN3O2/c1-2-15-9(14)8-6-3-11-7(10)4-13(6)5-12-8/h3-5H,2H2,1H3. The molecule has 0 bridgehead atoms. The van der Waals surface area contributed by atoms with Crippen molar-refractivity contribution in [3.63, 3.8) is 0 Å². The zero-order valence-corrected chi connectivity index (χ0v) is 8.73. The molecule has 0 fully saturated rings. The minimum absolute atomic E-state index is 0.251. The molecule has 5 nitrogen and oxygen atoms in total. The third-order valence-electron chi connectivity index (χ3n) is 1.86. The van der Waals surface area contributed by atoms with Crippen LogP contribution in [0.15, 0.2) is 18.7 Å². The summed E-state index contributed by atoms with van der Waals surface area (Å²) in [6, 6.07) is 0. The first kappa shape index (κ1) is 9.92. The Morgan fingerprint density at radius 2 is 2.40 bits per heavy atom. The molecule has 0 saturated carbocycles. The number of carbonyl (C=O) groups excluding carboxylic acids is 1. The molecule has 0 aromatic carbocycles. The highest BCUT2D eigenvalue weighted by atomic mass is 35.5. The lowest BCUT2D eigenvalue weighted by Gasteiger charge is -1.98. The topological polar surface area (TPSA) is 56.5 Å². The van der Waals surface area contributed by atoms with Gasteiger partial charge in [0.25, 0.3) is 0 Å². The molecule has 0 aliphatic heterocycles. The molecule has 6 heteroatoms. The van der Waals surface area contributed by atoms with Gasteiger partial charge in [0.15, 0.2) is 5.69 Å². The summed E-state index contributed by atoms with van der Waals surface area (Å²) >= 11 is 5.69. The van der Waals surface area contributed by atoms with E-state index in [1.165, 1.54) is 12.5 Å². The molecule has 0 radical (unpaired) electrons. The van der Waals surface area contributed by atoms with E-state index >= 15 is 0 Å². The van der Waals surface area contributed by atoms with Crippen molar-refractivity contribution in [2.45, 2.75) is 6.92 Å². The summed E-state index contributed by atoms with van der Waals surface area (Å²) in [5.41, 5.74) is 0.832. The van der Waals surface area contributed by atoms with Crippen LogP contribution in [0.4, 0.5) is 0 Å². The maximum atomic E-state index is 11.4. The van der Waals surface area contributed by atoms with Gasteiger partial charge in [-0.15, -0.1) is 0 Å². The molecule has 0 N–H and O–H groups in total. The van der Waals surface area contributed by atoms with Crippen molar-refractivity contribution in [3.8, 4) is 0 Å². The van der Waals surface area contributed by atoms with Crippen molar-refractivity contribution < 1.29 is 9.53 Å². The fourth-order valence-corrected chi connectivity index (χ4v) is 1.38. The van der Waals surface area contributed by atoms with Gasteiger partial charge in [-0.05, 0) is 6.92 Å². The third-order valence-corrected chi connectivity index (χ3v) is 2.05. The van der Waals surface area contributed by atoms with Crippen LogP contribution in [-0.2, 0) is 4.74 Å². The number of hydrogen-bond donors (Lipinski definition) is 0. The van der Waals surface area contributed by atoms with E-state index < -0.39 is 5.97 Å². The molecule has 0 amide bonds. The number of imidazole rings is 1. The third kappa shape index (κ3) is 1.78. The zero-order chi connectivity index (χ0) is 10.8. The van der Waals surface area contributed by atoms with Crippen LogP contribution in [-0.4, -0.2) is 26.9 Å². The quantitative estimate of drug-likeness (QED) is 0.728. The molecule has 2 heterocycles. The fourth-order valence-electron chi connectivity index (χ4n) is 1.23. The van der Waals surface area contributed by atoms with E-state index in [1.54, 1.807) is 17.5 Å². The zero-order valence-electron chi connectivity index (χ0n) is 7.98. The Morgan fingerprint density at radius 3 is 3.13 bits per heavy atom. The molecule has 2 rings (SSSR count). The van der Waals surface area contributed by atoms with Gasteiger partial charge < -0.3 is 9.14 Å². The summed E-state index contributed by atoms with van der Waals surface area (Å²) in [7, 11) is 0. The highest BCUT2D eigenvalue weighted by molar-refractivity contribution is 6.29. The van der Waals surface area contributed by atoms with Crippen molar-refractivity contribution in [2.75, 3.05) is 6.61 Å². The molecule has 0 atom stereocenters. The Kier molecular flexibility index (Phi) is 2.55. The highest BCUT2D eigenvalue weighted by Gasteiger charge is 2.14. The van der Waals surface area contributed by atoms with Gasteiger partial charge >= 0.3 is 5.97 Å². The summed E-state index contributed by atoms with van der Waals surface area (Å²) < 4.78 is 6.48. The number of nitrogens with zero attached hydrogens (tertiary/aromatic N) is 3. The molecule has 2 aromatic heterocycles. The first-order valence-electron chi connectivity index (χ1n) is 4.37. The summed E-state index contributed by atoms with van der Waals surface area (Å²) in [5.74, 6) is -0.455. The SMILES string of the molecule is CCOC(=O)c1ncn2cc(Cl)ncc12. The van der Waals surface area contributed by atoms with E-state index in [0.29, 0.717) is 17.3 Å². The van der Waals surface area contributed by atoms with Crippen molar-refractivity contribution in [1.29, 1.82) is 0 Å². The van der Waals surface area contributed by atoms with Crippen LogP contribution >= 0.6 is 11.6 Å². The van der Waals surface area contributed by atoms with Gasteiger partial charge in [-0.2, -0.15) is 0 Å². The van der Waals surface area contributed by atoms with Crippen LogP contribution < -0.4 is 0 Å². The summed E-state index contributed by atoms with van der Waals surface area (Å²) in [6.07, 6.45) is 4.56. The predicted molar refractivity (Wildman–Crippen MR) is 54.0 cm³/mol. The smallest absolute Gasteiger partial charge is 0.359 e. The van der Waals surface area contributed by atoms with Crippen LogP contribution in [0.1, 0.15) is 17.4 Å². The minimum atomic E-state index is -0.455. The second-order valence-corrected chi connectivity index (χ2v) is 3.20. The number of halogens is 1. The molecule has 0 aliphatic rings. The normalized spacial score (nSPS) is 10.5. The van der Waals surface area contributed by atoms with Gasteiger partial charge in [0.1, 0.15) is 11.5 Å². The lowest BCUT2D eigenvalue weighted by atomic mass is 10.4. The Hall–Kier alpha value is -1.62. The average Bonchev–Trinajstić information content (AvgIpc) is 2.60. The van der Waals surface area contributed by atoms with Crippen molar-refractivity contribution >= 4 is 23.1 Å². The number of fused-ring (bicyclic) bond motifs is 1. The molecular formula is C9H8ClN3O2. The lowest BCUT2D eigenvalue weighted by Crippen LogP contribution is -2.05. The van der Waals surface area contributed by atoms with E-state index in [-0.39, 0.29) is 5.69 Å². The van der Waals surface area contributed by atoms with Crippen LogP contribution in [0.3, 0.4) is 0 Å². The first-order chi connectivity index (χ1) is 7.22. The number of carbonyl (C=O) groups is 1. The minimum Gasteiger partial charge on any atom is -0.461 e. The van der Waals surface area contributed by atoms with Gasteiger partial charge in [-0.1, -0.05) is 11.6 Å². The largest absolute Gasteiger partial charge is 0.461 e. The first-order valence-corrected chi connectivity index (χ1v) is 4.75. The van der Waals surface area contributed by atoms with Crippen molar-refractivity contribution in [3.05, 3.63) is 29.6 Å². The Balaban J connectivity index is 2.49. The number of ether oxygens (including phenoxy) is 1. The molecule has 0 saturated heterocycles. The highest BCUT2D eigenvalue weighted by Crippen LogP contribution is 2.12. The monoisotopic (exact) mass is 225 g/mol. The lowest BCUT2D eigenvalue weighted by molar-refractivity contribution is 0.0522. The van der Waals surface area contributed by atoms with Crippen molar-refractivity contribution in [2.24, 2.45) is 0 Å². The van der Waals surface area contributed by atoms with Crippen molar-refractivity contribution in [1.82, 2.24) is 14.4 Å². The molecule has 0 unspecified atom stereocenters. The van der Waals surface area contributed by atoms with Crippen LogP contribution in [0.2, 0.25) is 5.15 Å². The van der Waals surface area contributed by atoms with Gasteiger partial charge in [-0.3, -0.25) is 0 Å². The average molecular weight is 226 g/mol. The van der Waals surface area contributed by atoms with E-state index in [2.05, 4.69) is 9.97 Å². The second kappa shape index (κ2) is 3.86.